The van der Waals surface area contributed by atoms with Crippen molar-refractivity contribution in [2.45, 2.75) is 84.0 Å². The highest BCUT2D eigenvalue weighted by Crippen LogP contribution is 2.43. The fraction of sp³-hybridized carbons (Fsp3) is 0.649. The number of nitrogens with zero attached hydrogens (tertiary/aromatic N) is 3. The molecule has 1 amide bonds. The standard InChI is InChI=1S/C37H55N3O11/c1-26(51-40(43)44)14-18-48-32-23-39(36(41)42)35(37(2,3)4)34(33(32)29-11-8-27(9-12-29)24-47-21-20-46-6)50-25-28-10-13-31-30(22-28)38(16-19-49-31)15-7-17-45-5/h8-13,22,26,32-35H,7,14-21,23-25H2,1-6H3,(H,41,42)/t26-,32+,33-,34+,35?/m0/s1. The van der Waals surface area contributed by atoms with E-state index in [2.05, 4.69) is 11.0 Å². The Bertz CT molecular complexity index is 1390. The quantitative estimate of drug-likeness (QED) is 0.110. The minimum atomic E-state index is -1.07. The highest BCUT2D eigenvalue weighted by molar-refractivity contribution is 5.66. The predicted octanol–water partition coefficient (Wildman–Crippen LogP) is 5.53. The smallest absolute Gasteiger partial charge is 0.407 e. The molecule has 0 spiro atoms. The summed E-state index contributed by atoms with van der Waals surface area (Å²) in [6, 6.07) is 13.6. The topological polar surface area (TPSA) is 152 Å². The molecular weight excluding hydrogens is 662 g/mol. The first-order chi connectivity index (χ1) is 24.4. The number of methoxy groups -OCH3 is 2. The molecular formula is C37H55N3O11. The van der Waals surface area contributed by atoms with Gasteiger partial charge in [-0.25, -0.2) is 4.79 Å². The van der Waals surface area contributed by atoms with E-state index in [4.69, 9.17) is 33.3 Å². The van der Waals surface area contributed by atoms with Crippen LogP contribution in [-0.2, 0) is 41.7 Å². The van der Waals surface area contributed by atoms with Crippen molar-refractivity contribution in [2.75, 3.05) is 71.8 Å². The van der Waals surface area contributed by atoms with Crippen LogP contribution in [-0.4, -0.2) is 112 Å². The molecule has 0 aromatic heterocycles. The van der Waals surface area contributed by atoms with E-state index < -0.39 is 40.9 Å². The van der Waals surface area contributed by atoms with Crippen LogP contribution in [0.2, 0.25) is 0 Å². The molecule has 0 aliphatic carbocycles. The van der Waals surface area contributed by atoms with Crippen LogP contribution in [0.25, 0.3) is 0 Å². The molecule has 2 aliphatic rings. The van der Waals surface area contributed by atoms with Crippen LogP contribution in [0, 0.1) is 15.5 Å². The minimum absolute atomic E-state index is 0.0980. The maximum absolute atomic E-state index is 12.9. The molecule has 1 saturated heterocycles. The summed E-state index contributed by atoms with van der Waals surface area (Å²) in [5.41, 5.74) is 3.34. The molecule has 5 atom stereocenters. The third kappa shape index (κ3) is 11.4. The van der Waals surface area contributed by atoms with Crippen LogP contribution in [0.15, 0.2) is 42.5 Å². The Kier molecular flexibility index (Phi) is 15.1. The Labute approximate surface area is 300 Å². The second-order valence-corrected chi connectivity index (χ2v) is 14.2. The van der Waals surface area contributed by atoms with Crippen LogP contribution in [0.1, 0.15) is 63.1 Å². The highest BCUT2D eigenvalue weighted by Gasteiger charge is 2.51. The van der Waals surface area contributed by atoms with Crippen molar-refractivity contribution in [1.82, 2.24) is 4.90 Å². The van der Waals surface area contributed by atoms with Gasteiger partial charge in [0, 0.05) is 39.9 Å². The van der Waals surface area contributed by atoms with E-state index in [0.29, 0.717) is 33.0 Å². The molecule has 2 aromatic carbocycles. The van der Waals surface area contributed by atoms with Crippen molar-refractivity contribution >= 4 is 11.8 Å². The van der Waals surface area contributed by atoms with E-state index in [0.717, 1.165) is 47.6 Å². The van der Waals surface area contributed by atoms with Crippen LogP contribution in [0.4, 0.5) is 10.5 Å². The molecule has 284 valence electrons. The van der Waals surface area contributed by atoms with E-state index >= 15 is 0 Å². The fourth-order valence-corrected chi connectivity index (χ4v) is 6.91. The summed E-state index contributed by atoms with van der Waals surface area (Å²) in [6.07, 6.45) is -1.84. The van der Waals surface area contributed by atoms with Crippen LogP contribution in [0.3, 0.4) is 0 Å². The van der Waals surface area contributed by atoms with Crippen molar-refractivity contribution in [1.29, 1.82) is 0 Å². The van der Waals surface area contributed by atoms with Gasteiger partial charge in [0.1, 0.15) is 18.5 Å². The molecule has 1 fully saturated rings. The van der Waals surface area contributed by atoms with Gasteiger partial charge in [-0.15, -0.1) is 10.1 Å². The van der Waals surface area contributed by atoms with Crippen molar-refractivity contribution in [2.24, 2.45) is 5.41 Å². The summed E-state index contributed by atoms with van der Waals surface area (Å²) >= 11 is 0. The maximum Gasteiger partial charge on any atom is 0.407 e. The number of piperidine rings is 1. The number of amides is 1. The number of hydrogen-bond acceptors (Lipinski definition) is 11. The maximum atomic E-state index is 12.9. The van der Waals surface area contributed by atoms with Gasteiger partial charge in [0.15, 0.2) is 0 Å². The van der Waals surface area contributed by atoms with Crippen LogP contribution in [0.5, 0.6) is 5.75 Å². The number of carboxylic acid groups (broad SMARTS) is 1. The number of fused-ring (bicyclic) bond motifs is 1. The number of hydrogen-bond donors (Lipinski definition) is 1. The number of rotatable bonds is 19. The normalized spacial score (nSPS) is 21.1. The van der Waals surface area contributed by atoms with E-state index in [-0.39, 0.29) is 32.1 Å². The number of benzene rings is 2. The summed E-state index contributed by atoms with van der Waals surface area (Å²) in [5.74, 6) is 0.448. The third-order valence-electron chi connectivity index (χ3n) is 9.30. The number of ether oxygens (including phenoxy) is 6. The summed E-state index contributed by atoms with van der Waals surface area (Å²) in [6.45, 7) is 12.4. The highest BCUT2D eigenvalue weighted by atomic mass is 17.0. The summed E-state index contributed by atoms with van der Waals surface area (Å²) < 4.78 is 35.4. The van der Waals surface area contributed by atoms with Gasteiger partial charge in [-0.3, -0.25) is 4.90 Å². The van der Waals surface area contributed by atoms with Crippen molar-refractivity contribution in [3.8, 4) is 5.75 Å². The molecule has 2 aliphatic heterocycles. The summed E-state index contributed by atoms with van der Waals surface area (Å²) in [4.78, 5) is 32.2. The Morgan fingerprint density at radius 3 is 2.41 bits per heavy atom. The third-order valence-corrected chi connectivity index (χ3v) is 9.30. The Hall–Kier alpha value is -3.69. The zero-order chi connectivity index (χ0) is 37.0. The molecule has 1 unspecified atom stereocenters. The molecule has 0 saturated carbocycles. The van der Waals surface area contributed by atoms with E-state index in [1.54, 1.807) is 21.1 Å². The largest absolute Gasteiger partial charge is 0.490 e. The predicted molar refractivity (Wildman–Crippen MR) is 190 cm³/mol. The number of carbonyl (C=O) groups is 1. The van der Waals surface area contributed by atoms with Gasteiger partial charge < -0.3 is 43.3 Å². The fourth-order valence-electron chi connectivity index (χ4n) is 6.91. The Morgan fingerprint density at radius 2 is 1.75 bits per heavy atom. The molecule has 51 heavy (non-hydrogen) atoms. The lowest BCUT2D eigenvalue weighted by Crippen LogP contribution is -2.64. The SMILES string of the molecule is COCCCN1CCOc2ccc(CO[C@H]3C(C(C)(C)C)N(C(=O)O)C[C@@H](OCC[C@H](C)O[N+](=O)[O-])[C@@H]3c3ccc(COCCOC)cc3)cc21. The van der Waals surface area contributed by atoms with Gasteiger partial charge in [-0.2, -0.15) is 0 Å². The average molecular weight is 718 g/mol. The first kappa shape index (κ1) is 40.1. The molecule has 4 rings (SSSR count). The van der Waals surface area contributed by atoms with Crippen molar-refractivity contribution in [3.63, 3.8) is 0 Å². The monoisotopic (exact) mass is 717 g/mol. The molecule has 1 N–H and O–H groups in total. The van der Waals surface area contributed by atoms with Gasteiger partial charge in [0.2, 0.25) is 0 Å². The first-order valence-corrected chi connectivity index (χ1v) is 17.6. The molecule has 14 heteroatoms. The Morgan fingerprint density at radius 1 is 1.02 bits per heavy atom. The van der Waals surface area contributed by atoms with Gasteiger partial charge in [-0.1, -0.05) is 51.1 Å². The zero-order valence-electron chi connectivity index (χ0n) is 30.8. The average Bonchev–Trinajstić information content (AvgIpc) is 3.08. The molecule has 2 aromatic rings. The van der Waals surface area contributed by atoms with E-state index in [9.17, 15) is 20.0 Å². The first-order valence-electron chi connectivity index (χ1n) is 17.6. The second-order valence-electron chi connectivity index (χ2n) is 14.2. The number of anilines is 1. The van der Waals surface area contributed by atoms with Crippen molar-refractivity contribution in [3.05, 3.63) is 69.3 Å². The summed E-state index contributed by atoms with van der Waals surface area (Å²) in [5, 5.41) is 20.6. The van der Waals surface area contributed by atoms with Gasteiger partial charge in [0.25, 0.3) is 5.09 Å². The molecule has 14 nitrogen and oxygen atoms in total. The lowest BCUT2D eigenvalue weighted by Gasteiger charge is -2.52. The minimum Gasteiger partial charge on any atom is -0.490 e. The second kappa shape index (κ2) is 19.2. The molecule has 0 radical (unpaired) electrons. The molecule has 0 bridgehead atoms. The number of likely N-dealkylation sites (tertiary alicyclic amines) is 1. The van der Waals surface area contributed by atoms with Crippen LogP contribution >= 0.6 is 0 Å². The van der Waals surface area contributed by atoms with E-state index in [1.807, 2.05) is 57.2 Å². The zero-order valence-corrected chi connectivity index (χ0v) is 30.8. The lowest BCUT2D eigenvalue weighted by molar-refractivity contribution is -0.767. The van der Waals surface area contributed by atoms with Gasteiger partial charge in [0.05, 0.1) is 63.5 Å². The van der Waals surface area contributed by atoms with Crippen LogP contribution < -0.4 is 9.64 Å². The molecule has 2 heterocycles. The summed E-state index contributed by atoms with van der Waals surface area (Å²) in [7, 11) is 3.33. The van der Waals surface area contributed by atoms with E-state index in [1.165, 1.54) is 4.90 Å². The Balaban J connectivity index is 1.67. The van der Waals surface area contributed by atoms with Crippen molar-refractivity contribution < 1.29 is 48.2 Å². The van der Waals surface area contributed by atoms with Gasteiger partial charge >= 0.3 is 6.09 Å². The van der Waals surface area contributed by atoms with Gasteiger partial charge in [-0.05, 0) is 54.0 Å². The lowest BCUT2D eigenvalue weighted by atomic mass is 9.71.